The van der Waals surface area contributed by atoms with Gasteiger partial charge in [-0.15, -0.1) is 0 Å². The highest BCUT2D eigenvalue weighted by Crippen LogP contribution is 2.32. The number of piperazine rings is 1. The first-order chi connectivity index (χ1) is 8.85. The molecule has 1 aromatic carbocycles. The molecule has 2 unspecified atom stereocenters. The monoisotopic (exact) mass is 322 g/mol. The van der Waals surface area contributed by atoms with Gasteiger partial charge in [-0.05, 0) is 26.0 Å². The van der Waals surface area contributed by atoms with Gasteiger partial charge in [0.25, 0.3) is 0 Å². The predicted octanol–water partition coefficient (Wildman–Crippen LogP) is 2.36. The summed E-state index contributed by atoms with van der Waals surface area (Å²) in [6.45, 7) is 5.00. The zero-order valence-electron chi connectivity index (χ0n) is 10.7. The van der Waals surface area contributed by atoms with E-state index in [1.54, 1.807) is 12.1 Å². The van der Waals surface area contributed by atoms with Gasteiger partial charge in [0.1, 0.15) is 4.90 Å². The molecule has 4 nitrogen and oxygen atoms in total. The first-order valence-corrected chi connectivity index (χ1v) is 8.23. The molecule has 7 heteroatoms. The van der Waals surface area contributed by atoms with Gasteiger partial charge in [0, 0.05) is 25.2 Å². The van der Waals surface area contributed by atoms with E-state index in [9.17, 15) is 8.42 Å². The van der Waals surface area contributed by atoms with Gasteiger partial charge in [-0.25, -0.2) is 8.42 Å². The van der Waals surface area contributed by atoms with E-state index >= 15 is 0 Å². The lowest BCUT2D eigenvalue weighted by molar-refractivity contribution is 0.220. The average molecular weight is 323 g/mol. The molecule has 1 N–H and O–H groups in total. The summed E-state index contributed by atoms with van der Waals surface area (Å²) >= 11 is 11.9. The van der Waals surface area contributed by atoms with Gasteiger partial charge in [0.15, 0.2) is 0 Å². The Morgan fingerprint density at radius 2 is 1.79 bits per heavy atom. The molecule has 1 heterocycles. The predicted molar refractivity (Wildman–Crippen MR) is 77.3 cm³/mol. The molecule has 1 aliphatic heterocycles. The first-order valence-electron chi connectivity index (χ1n) is 6.04. The van der Waals surface area contributed by atoms with Gasteiger partial charge in [0.2, 0.25) is 10.0 Å². The Balaban J connectivity index is 2.50. The number of halogens is 2. The normalized spacial score (nSPS) is 25.5. The highest BCUT2D eigenvalue weighted by Gasteiger charge is 2.36. The topological polar surface area (TPSA) is 49.4 Å². The fourth-order valence-corrected chi connectivity index (χ4v) is 4.95. The van der Waals surface area contributed by atoms with Crippen LogP contribution < -0.4 is 5.32 Å². The van der Waals surface area contributed by atoms with Crippen LogP contribution in [-0.4, -0.2) is 37.9 Å². The van der Waals surface area contributed by atoms with Crippen LogP contribution in [0.15, 0.2) is 23.1 Å². The van der Waals surface area contributed by atoms with Crippen LogP contribution in [0.25, 0.3) is 0 Å². The van der Waals surface area contributed by atoms with Crippen LogP contribution in [0.4, 0.5) is 0 Å². The first kappa shape index (κ1) is 15.1. The SMILES string of the molecule is CC1CNCC(C)N1S(=O)(=O)c1cccc(Cl)c1Cl. The maximum absolute atomic E-state index is 12.7. The molecule has 1 saturated heterocycles. The lowest BCUT2D eigenvalue weighted by Gasteiger charge is -2.38. The second-order valence-corrected chi connectivity index (χ2v) is 7.34. The molecule has 0 spiro atoms. The van der Waals surface area contributed by atoms with Crippen molar-refractivity contribution in [1.29, 1.82) is 0 Å². The van der Waals surface area contributed by atoms with Crippen molar-refractivity contribution in [2.75, 3.05) is 13.1 Å². The fourth-order valence-electron chi connectivity index (χ4n) is 2.39. The summed E-state index contributed by atoms with van der Waals surface area (Å²) in [5.41, 5.74) is 0. The van der Waals surface area contributed by atoms with Crippen LogP contribution in [-0.2, 0) is 10.0 Å². The second kappa shape index (κ2) is 5.58. The third-order valence-corrected chi connectivity index (χ3v) is 6.32. The van der Waals surface area contributed by atoms with Crippen molar-refractivity contribution in [3.05, 3.63) is 28.2 Å². The molecule has 0 aromatic heterocycles. The van der Waals surface area contributed by atoms with Crippen LogP contribution >= 0.6 is 23.2 Å². The van der Waals surface area contributed by atoms with Gasteiger partial charge in [-0.1, -0.05) is 29.3 Å². The fraction of sp³-hybridized carbons (Fsp3) is 0.500. The standard InChI is InChI=1S/C12H16Cl2N2O2S/c1-8-6-15-7-9(2)16(8)19(17,18)11-5-3-4-10(13)12(11)14/h3-5,8-9,15H,6-7H2,1-2H3. The Morgan fingerprint density at radius 3 is 2.37 bits per heavy atom. The summed E-state index contributed by atoms with van der Waals surface area (Å²) < 4.78 is 27.0. The molecule has 0 aliphatic carbocycles. The van der Waals surface area contributed by atoms with Gasteiger partial charge in [-0.2, -0.15) is 4.31 Å². The lowest BCUT2D eigenvalue weighted by atomic mass is 10.2. The summed E-state index contributed by atoms with van der Waals surface area (Å²) in [6, 6.07) is 4.42. The molecule has 106 valence electrons. The molecule has 0 radical (unpaired) electrons. The number of benzene rings is 1. The van der Waals surface area contributed by atoms with E-state index in [0.717, 1.165) is 0 Å². The number of rotatable bonds is 2. The van der Waals surface area contributed by atoms with Crippen LogP contribution in [0.5, 0.6) is 0 Å². The van der Waals surface area contributed by atoms with Gasteiger partial charge >= 0.3 is 0 Å². The Hall–Kier alpha value is -0.330. The largest absolute Gasteiger partial charge is 0.314 e. The third-order valence-electron chi connectivity index (χ3n) is 3.22. The third kappa shape index (κ3) is 2.76. The number of nitrogens with zero attached hydrogens (tertiary/aromatic N) is 1. The Kier molecular flexibility index (Phi) is 4.42. The van der Waals surface area contributed by atoms with E-state index < -0.39 is 10.0 Å². The highest BCUT2D eigenvalue weighted by atomic mass is 35.5. The van der Waals surface area contributed by atoms with Crippen molar-refractivity contribution < 1.29 is 8.42 Å². The minimum Gasteiger partial charge on any atom is -0.314 e. The number of hydrogen-bond donors (Lipinski definition) is 1. The maximum atomic E-state index is 12.7. The maximum Gasteiger partial charge on any atom is 0.245 e. The van der Waals surface area contributed by atoms with Gasteiger partial charge in [0.05, 0.1) is 10.0 Å². The van der Waals surface area contributed by atoms with Crippen molar-refractivity contribution in [2.45, 2.75) is 30.8 Å². The van der Waals surface area contributed by atoms with Crippen molar-refractivity contribution >= 4 is 33.2 Å². The summed E-state index contributed by atoms with van der Waals surface area (Å²) in [4.78, 5) is 0.0715. The molecule has 2 atom stereocenters. The van der Waals surface area contributed by atoms with E-state index in [0.29, 0.717) is 13.1 Å². The van der Waals surface area contributed by atoms with E-state index in [2.05, 4.69) is 5.32 Å². The Morgan fingerprint density at radius 1 is 1.21 bits per heavy atom. The second-order valence-electron chi connectivity index (χ2n) is 4.74. The molecular formula is C12H16Cl2N2O2S. The molecule has 0 bridgehead atoms. The summed E-state index contributed by atoms with van der Waals surface area (Å²) in [7, 11) is -3.64. The smallest absolute Gasteiger partial charge is 0.245 e. The lowest BCUT2D eigenvalue weighted by Crippen LogP contribution is -2.57. The van der Waals surface area contributed by atoms with Crippen molar-refractivity contribution in [2.24, 2.45) is 0 Å². The zero-order chi connectivity index (χ0) is 14.2. The summed E-state index contributed by atoms with van der Waals surface area (Å²) in [6.07, 6.45) is 0. The summed E-state index contributed by atoms with van der Waals surface area (Å²) in [5, 5.41) is 3.53. The molecule has 0 saturated carbocycles. The van der Waals surface area contributed by atoms with Crippen LogP contribution in [0.3, 0.4) is 0 Å². The number of hydrogen-bond acceptors (Lipinski definition) is 3. The van der Waals surface area contributed by atoms with E-state index in [1.807, 2.05) is 13.8 Å². The van der Waals surface area contributed by atoms with E-state index in [4.69, 9.17) is 23.2 Å². The zero-order valence-corrected chi connectivity index (χ0v) is 13.1. The Labute approximate surface area is 123 Å². The quantitative estimate of drug-likeness (QED) is 0.909. The number of sulfonamides is 1. The van der Waals surface area contributed by atoms with Crippen LogP contribution in [0.1, 0.15) is 13.8 Å². The van der Waals surface area contributed by atoms with Gasteiger partial charge in [-0.3, -0.25) is 0 Å². The van der Waals surface area contributed by atoms with E-state index in [1.165, 1.54) is 10.4 Å². The Bertz CT molecular complexity index is 567. The van der Waals surface area contributed by atoms with Crippen molar-refractivity contribution in [3.63, 3.8) is 0 Å². The van der Waals surface area contributed by atoms with Crippen molar-refractivity contribution in [1.82, 2.24) is 9.62 Å². The van der Waals surface area contributed by atoms with Crippen LogP contribution in [0, 0.1) is 0 Å². The van der Waals surface area contributed by atoms with Gasteiger partial charge < -0.3 is 5.32 Å². The molecule has 1 aromatic rings. The minimum absolute atomic E-state index is 0.0715. The molecule has 2 rings (SSSR count). The van der Waals surface area contributed by atoms with Crippen molar-refractivity contribution in [3.8, 4) is 0 Å². The molecule has 1 fully saturated rings. The summed E-state index contributed by atoms with van der Waals surface area (Å²) in [5.74, 6) is 0. The molecule has 1 aliphatic rings. The number of nitrogens with one attached hydrogen (secondary N) is 1. The molecule has 19 heavy (non-hydrogen) atoms. The molecular weight excluding hydrogens is 307 g/mol. The highest BCUT2D eigenvalue weighted by molar-refractivity contribution is 7.89. The minimum atomic E-state index is -3.64. The van der Waals surface area contributed by atoms with Crippen LogP contribution in [0.2, 0.25) is 10.0 Å². The van der Waals surface area contributed by atoms with E-state index in [-0.39, 0.29) is 27.0 Å². The molecule has 0 amide bonds. The average Bonchev–Trinajstić information content (AvgIpc) is 2.32.